The van der Waals surface area contributed by atoms with Crippen LogP contribution in [0, 0.1) is 15.9 Å². The number of carboxylic acid groups (broad SMARTS) is 1. The summed E-state index contributed by atoms with van der Waals surface area (Å²) in [6.07, 6.45) is -13.7. The molecule has 9 nitrogen and oxygen atoms in total. The largest absolute Gasteiger partial charge is 0.490 e. The second kappa shape index (κ2) is 12.7. The SMILES string of the molecule is O=C(Nc1ccc(F)c([N+](=O)[O-])c1)N[C@@H](c1ccc(C(F)(F)F)cc1)c1ncccc1C(F)(F)F.O=C(O)C(F)(F)F. The molecule has 226 valence electrons. The van der Waals surface area contributed by atoms with Crippen molar-refractivity contribution in [3.05, 3.63) is 99.1 Å². The Kier molecular flexibility index (Phi) is 10.0. The lowest BCUT2D eigenvalue weighted by molar-refractivity contribution is -0.387. The average Bonchev–Trinajstić information content (AvgIpc) is 2.87. The zero-order chi connectivity index (χ0) is 32.0. The summed E-state index contributed by atoms with van der Waals surface area (Å²) in [5.74, 6) is -3.95. The molecule has 1 atom stereocenters. The number of nitrogens with one attached hydrogen (secondary N) is 2. The molecule has 1 heterocycles. The number of nitro groups is 1. The second-order valence-corrected chi connectivity index (χ2v) is 7.81. The topological polar surface area (TPSA) is 134 Å². The number of aromatic nitrogens is 1. The number of urea groups is 1. The average molecular weight is 616 g/mol. The predicted molar refractivity (Wildman–Crippen MR) is 121 cm³/mol. The van der Waals surface area contributed by atoms with Gasteiger partial charge in [-0.25, -0.2) is 9.59 Å². The summed E-state index contributed by atoms with van der Waals surface area (Å²) in [5.41, 5.74) is -4.42. The van der Waals surface area contributed by atoms with Gasteiger partial charge in [0.2, 0.25) is 5.82 Å². The van der Waals surface area contributed by atoms with Crippen LogP contribution >= 0.6 is 0 Å². The van der Waals surface area contributed by atoms with E-state index in [1.54, 1.807) is 0 Å². The van der Waals surface area contributed by atoms with E-state index >= 15 is 0 Å². The third-order valence-corrected chi connectivity index (χ3v) is 4.91. The molecule has 0 aliphatic rings. The van der Waals surface area contributed by atoms with E-state index in [2.05, 4.69) is 15.6 Å². The van der Waals surface area contributed by atoms with E-state index in [0.717, 1.165) is 30.5 Å². The quantitative estimate of drug-likeness (QED) is 0.166. The fourth-order valence-corrected chi connectivity index (χ4v) is 3.09. The van der Waals surface area contributed by atoms with Gasteiger partial charge in [0.1, 0.15) is 0 Å². The fourth-order valence-electron chi connectivity index (χ4n) is 3.09. The number of pyridine rings is 1. The minimum Gasteiger partial charge on any atom is -0.475 e. The first kappa shape index (κ1) is 33.2. The van der Waals surface area contributed by atoms with Crippen molar-refractivity contribution in [1.29, 1.82) is 0 Å². The number of carboxylic acids is 1. The molecule has 0 unspecified atom stereocenters. The first-order chi connectivity index (χ1) is 19.2. The van der Waals surface area contributed by atoms with Crippen LogP contribution < -0.4 is 10.6 Å². The maximum absolute atomic E-state index is 13.6. The van der Waals surface area contributed by atoms with E-state index in [4.69, 9.17) is 9.90 Å². The number of rotatable bonds is 5. The zero-order valence-electron chi connectivity index (χ0n) is 20.1. The minimum atomic E-state index is -5.08. The van der Waals surface area contributed by atoms with Gasteiger partial charge in [-0.1, -0.05) is 12.1 Å². The van der Waals surface area contributed by atoms with Crippen molar-refractivity contribution in [3.63, 3.8) is 0 Å². The molecule has 0 fully saturated rings. The monoisotopic (exact) mass is 616 g/mol. The maximum Gasteiger partial charge on any atom is 0.490 e. The predicted octanol–water partition coefficient (Wildman–Crippen LogP) is 6.71. The molecule has 19 heteroatoms. The Morgan fingerprint density at radius 2 is 1.48 bits per heavy atom. The molecule has 2 aromatic carbocycles. The molecule has 0 aliphatic heterocycles. The highest BCUT2D eigenvalue weighted by molar-refractivity contribution is 5.90. The first-order valence-corrected chi connectivity index (χ1v) is 10.7. The van der Waals surface area contributed by atoms with Crippen molar-refractivity contribution in [2.24, 2.45) is 0 Å². The molecule has 0 aliphatic carbocycles. The van der Waals surface area contributed by atoms with Crippen LogP contribution in [0.1, 0.15) is 28.4 Å². The van der Waals surface area contributed by atoms with Gasteiger partial charge in [0.25, 0.3) is 0 Å². The third kappa shape index (κ3) is 9.03. The van der Waals surface area contributed by atoms with Crippen molar-refractivity contribution in [3.8, 4) is 0 Å². The van der Waals surface area contributed by atoms with E-state index in [9.17, 15) is 58.8 Å². The van der Waals surface area contributed by atoms with Crippen LogP contribution in [0.3, 0.4) is 0 Å². The number of carbonyl (C=O) groups excluding carboxylic acids is 1. The number of nitrogens with zero attached hydrogens (tertiary/aromatic N) is 2. The van der Waals surface area contributed by atoms with Crippen LogP contribution in [0.2, 0.25) is 0 Å². The number of amides is 2. The molecule has 0 saturated heterocycles. The van der Waals surface area contributed by atoms with E-state index in [1.165, 1.54) is 0 Å². The molecule has 42 heavy (non-hydrogen) atoms. The van der Waals surface area contributed by atoms with Gasteiger partial charge in [0.05, 0.1) is 27.8 Å². The highest BCUT2D eigenvalue weighted by atomic mass is 19.4. The van der Waals surface area contributed by atoms with Crippen LogP contribution in [0.15, 0.2) is 60.8 Å². The lowest BCUT2D eigenvalue weighted by Gasteiger charge is -2.23. The highest BCUT2D eigenvalue weighted by Gasteiger charge is 2.39. The van der Waals surface area contributed by atoms with Gasteiger partial charge in [-0.05, 0) is 42.0 Å². The summed E-state index contributed by atoms with van der Waals surface area (Å²) in [6.45, 7) is 0. The Bertz CT molecular complexity index is 1440. The van der Waals surface area contributed by atoms with Crippen LogP contribution in [0.5, 0.6) is 0 Å². The number of halogens is 10. The molecule has 2 amide bonds. The number of carbonyl (C=O) groups is 2. The van der Waals surface area contributed by atoms with E-state index < -0.39 is 69.8 Å². The van der Waals surface area contributed by atoms with Crippen LogP contribution in [-0.4, -0.2) is 33.2 Å². The lowest BCUT2D eigenvalue weighted by Crippen LogP contribution is -2.35. The number of hydrogen-bond donors (Lipinski definition) is 3. The van der Waals surface area contributed by atoms with Gasteiger partial charge in [-0.2, -0.15) is 43.9 Å². The van der Waals surface area contributed by atoms with Gasteiger partial charge in [0, 0.05) is 18.0 Å². The Hall–Kier alpha value is -4.97. The van der Waals surface area contributed by atoms with Gasteiger partial charge in [-0.3, -0.25) is 15.1 Å². The van der Waals surface area contributed by atoms with E-state index in [1.807, 2.05) is 0 Å². The smallest absolute Gasteiger partial charge is 0.475 e. The van der Waals surface area contributed by atoms with Crippen LogP contribution in [0.25, 0.3) is 0 Å². The number of anilines is 1. The molecule has 1 aromatic heterocycles. The summed E-state index contributed by atoms with van der Waals surface area (Å²) in [4.78, 5) is 35.0. The molecule has 0 saturated carbocycles. The van der Waals surface area contributed by atoms with Crippen molar-refractivity contribution in [2.45, 2.75) is 24.6 Å². The van der Waals surface area contributed by atoms with E-state index in [-0.39, 0.29) is 11.3 Å². The number of nitro benzene ring substituents is 1. The summed E-state index contributed by atoms with van der Waals surface area (Å²) < 4.78 is 125. The van der Waals surface area contributed by atoms with Crippen molar-refractivity contribution in [2.75, 3.05) is 5.32 Å². The number of alkyl halides is 9. The van der Waals surface area contributed by atoms with Crippen molar-refractivity contribution < 1.29 is 63.5 Å². The Balaban J connectivity index is 0.000000782. The molecular formula is C23H14F10N4O5. The summed E-state index contributed by atoms with van der Waals surface area (Å²) in [5, 5.41) is 22.3. The number of aliphatic carboxylic acids is 1. The Morgan fingerprint density at radius 1 is 0.905 bits per heavy atom. The maximum atomic E-state index is 13.6. The molecule has 0 radical (unpaired) electrons. The standard InChI is InChI=1S/C21H13F7N4O3.C2HF3O2/c22-15-8-7-13(10-16(15)32(34)35)30-19(33)31-17(11-3-5-12(6-4-11)20(23,24)25)18-14(21(26,27)28)2-1-9-29-18;3-2(4,5)1(6)7/h1-10,17H,(H2,30,31,33);(H,6,7)/t17-;/m0./s1. The number of benzene rings is 2. The molecular weight excluding hydrogens is 602 g/mol. The Labute approximate surface area is 226 Å². The van der Waals surface area contributed by atoms with E-state index in [0.29, 0.717) is 30.3 Å². The van der Waals surface area contributed by atoms with Gasteiger partial charge in [-0.15, -0.1) is 0 Å². The molecule has 0 spiro atoms. The van der Waals surface area contributed by atoms with Gasteiger partial charge < -0.3 is 15.7 Å². The second-order valence-electron chi connectivity index (χ2n) is 7.81. The van der Waals surface area contributed by atoms with Crippen molar-refractivity contribution in [1.82, 2.24) is 10.3 Å². The summed E-state index contributed by atoms with van der Waals surface area (Å²) in [6, 6.07) is 4.18. The Morgan fingerprint density at radius 3 is 1.95 bits per heavy atom. The summed E-state index contributed by atoms with van der Waals surface area (Å²) in [7, 11) is 0. The zero-order valence-corrected chi connectivity index (χ0v) is 20.1. The van der Waals surface area contributed by atoms with Gasteiger partial charge >= 0.3 is 36.2 Å². The first-order valence-electron chi connectivity index (χ1n) is 10.7. The highest BCUT2D eigenvalue weighted by Crippen LogP contribution is 2.36. The normalized spacial score (nSPS) is 12.4. The van der Waals surface area contributed by atoms with Crippen LogP contribution in [0.4, 0.5) is 60.1 Å². The molecule has 3 rings (SSSR count). The molecule has 3 aromatic rings. The summed E-state index contributed by atoms with van der Waals surface area (Å²) >= 11 is 0. The third-order valence-electron chi connectivity index (χ3n) is 4.91. The molecule has 3 N–H and O–H groups in total. The van der Waals surface area contributed by atoms with Crippen LogP contribution in [-0.2, 0) is 17.1 Å². The van der Waals surface area contributed by atoms with Gasteiger partial charge in [0.15, 0.2) is 0 Å². The molecule has 0 bridgehead atoms. The fraction of sp³-hybridized carbons (Fsp3) is 0.174. The lowest BCUT2D eigenvalue weighted by atomic mass is 9.98. The number of hydrogen-bond acceptors (Lipinski definition) is 5. The van der Waals surface area contributed by atoms with Crippen molar-refractivity contribution >= 4 is 23.4 Å². The minimum absolute atomic E-state index is 0.164.